The number of nitrogens with zero attached hydrogens (tertiary/aromatic N) is 3. The number of H-pyrrole nitrogens is 1. The van der Waals surface area contributed by atoms with E-state index in [0.717, 1.165) is 18.8 Å². The van der Waals surface area contributed by atoms with Gasteiger partial charge < -0.3 is 4.90 Å². The second-order valence-corrected chi connectivity index (χ2v) is 5.31. The summed E-state index contributed by atoms with van der Waals surface area (Å²) in [6.07, 6.45) is 3.39. The van der Waals surface area contributed by atoms with Gasteiger partial charge in [0.05, 0.1) is 0 Å². The highest BCUT2D eigenvalue weighted by Gasteiger charge is 2.19. The zero-order valence-corrected chi connectivity index (χ0v) is 11.3. The summed E-state index contributed by atoms with van der Waals surface area (Å²) in [5.41, 5.74) is 0.672. The Hall–Kier alpha value is -1.62. The third-order valence-electron chi connectivity index (χ3n) is 4.06. The largest absolute Gasteiger partial charge is 0.304 e. The Morgan fingerprint density at radius 2 is 2.16 bits per heavy atom. The maximum absolute atomic E-state index is 11.7. The first-order valence-corrected chi connectivity index (χ1v) is 7.05. The first-order valence-electron chi connectivity index (χ1n) is 7.05. The third kappa shape index (κ3) is 2.56. The zero-order chi connectivity index (χ0) is 13.2. The molecule has 0 amide bonds. The van der Waals surface area contributed by atoms with E-state index in [-0.39, 0.29) is 5.56 Å². The first kappa shape index (κ1) is 12.4. The number of hydrogen-bond donors (Lipinski definition) is 1. The molecule has 0 radical (unpaired) electrons. The van der Waals surface area contributed by atoms with Crippen LogP contribution in [0, 0.1) is 5.92 Å². The highest BCUT2D eigenvalue weighted by Crippen LogP contribution is 2.20. The van der Waals surface area contributed by atoms with Crippen molar-refractivity contribution in [3.8, 4) is 0 Å². The van der Waals surface area contributed by atoms with Gasteiger partial charge in [-0.15, -0.1) is 0 Å². The summed E-state index contributed by atoms with van der Waals surface area (Å²) in [6, 6.07) is 5.16. The average Bonchev–Trinajstić information content (AvgIpc) is 2.84. The molecule has 5 heteroatoms. The summed E-state index contributed by atoms with van der Waals surface area (Å²) in [7, 11) is 0. The van der Waals surface area contributed by atoms with Crippen LogP contribution in [-0.4, -0.2) is 39.1 Å². The normalized spacial score (nSPS) is 18.2. The molecule has 0 aliphatic carbocycles. The smallest absolute Gasteiger partial charge is 0.271 e. The Morgan fingerprint density at radius 3 is 2.84 bits per heavy atom. The van der Waals surface area contributed by atoms with Crippen LogP contribution in [0.15, 0.2) is 23.0 Å². The van der Waals surface area contributed by atoms with Gasteiger partial charge >= 0.3 is 0 Å². The quantitative estimate of drug-likeness (QED) is 0.905. The van der Waals surface area contributed by atoms with Crippen LogP contribution in [0.2, 0.25) is 0 Å². The molecule has 0 unspecified atom stereocenters. The first-order chi connectivity index (χ1) is 9.26. The Morgan fingerprint density at radius 1 is 1.37 bits per heavy atom. The molecule has 3 rings (SSSR count). The fraction of sp³-hybridized carbons (Fsp3) is 0.571. The van der Waals surface area contributed by atoms with Crippen molar-refractivity contribution < 1.29 is 0 Å². The van der Waals surface area contributed by atoms with Gasteiger partial charge in [0.2, 0.25) is 0 Å². The van der Waals surface area contributed by atoms with Gasteiger partial charge in [0.15, 0.2) is 5.65 Å². The van der Waals surface area contributed by atoms with Crippen molar-refractivity contribution in [3.63, 3.8) is 0 Å². The molecule has 1 aliphatic rings. The van der Waals surface area contributed by atoms with E-state index in [0.29, 0.717) is 11.6 Å². The Bertz CT molecular complexity index is 607. The topological polar surface area (TPSA) is 53.4 Å². The highest BCUT2D eigenvalue weighted by molar-refractivity contribution is 5.36. The minimum Gasteiger partial charge on any atom is -0.304 e. The Balaban J connectivity index is 1.72. The van der Waals surface area contributed by atoms with Gasteiger partial charge in [-0.05, 0) is 44.5 Å². The van der Waals surface area contributed by atoms with Crippen LogP contribution in [0.5, 0.6) is 0 Å². The second kappa shape index (κ2) is 5.17. The summed E-state index contributed by atoms with van der Waals surface area (Å²) >= 11 is 0. The van der Waals surface area contributed by atoms with Crippen molar-refractivity contribution in [2.75, 3.05) is 19.6 Å². The molecular formula is C14H20N4O. The maximum Gasteiger partial charge on any atom is 0.271 e. The minimum absolute atomic E-state index is 0.0444. The number of likely N-dealkylation sites (tertiary alicyclic amines) is 1. The summed E-state index contributed by atoms with van der Waals surface area (Å²) in [5, 5.41) is 3.12. The molecule has 0 aromatic carbocycles. The van der Waals surface area contributed by atoms with Crippen LogP contribution in [0.25, 0.3) is 5.65 Å². The minimum atomic E-state index is -0.0444. The third-order valence-corrected chi connectivity index (χ3v) is 4.06. The van der Waals surface area contributed by atoms with Crippen molar-refractivity contribution in [1.82, 2.24) is 19.5 Å². The zero-order valence-electron chi connectivity index (χ0n) is 11.3. The number of aromatic amines is 1. The van der Waals surface area contributed by atoms with E-state index in [1.165, 1.54) is 30.4 Å². The lowest BCUT2D eigenvalue weighted by Gasteiger charge is -2.30. The highest BCUT2D eigenvalue weighted by atomic mass is 16.1. The predicted molar refractivity (Wildman–Crippen MR) is 74.4 cm³/mol. The molecule has 3 heterocycles. The molecule has 0 spiro atoms. The lowest BCUT2D eigenvalue weighted by atomic mass is 9.93. The molecule has 0 atom stereocenters. The fourth-order valence-electron chi connectivity index (χ4n) is 2.84. The molecular weight excluding hydrogens is 240 g/mol. The van der Waals surface area contributed by atoms with Crippen LogP contribution in [0.4, 0.5) is 0 Å². The van der Waals surface area contributed by atoms with E-state index in [2.05, 4.69) is 21.9 Å². The molecule has 1 fully saturated rings. The summed E-state index contributed by atoms with van der Waals surface area (Å²) in [6.45, 7) is 5.72. The van der Waals surface area contributed by atoms with Crippen molar-refractivity contribution in [3.05, 3.63) is 34.4 Å². The lowest BCUT2D eigenvalue weighted by Crippen LogP contribution is -2.34. The number of fused-ring (bicyclic) bond motifs is 1. The molecule has 102 valence electrons. The average molecular weight is 260 g/mol. The van der Waals surface area contributed by atoms with Gasteiger partial charge in [0, 0.05) is 12.5 Å². The van der Waals surface area contributed by atoms with E-state index < -0.39 is 0 Å². The SMILES string of the molecule is CCN1CCC(Cc2nc3cccc(=O)n3[nH]2)CC1. The molecule has 19 heavy (non-hydrogen) atoms. The Kier molecular flexibility index (Phi) is 3.38. The summed E-state index contributed by atoms with van der Waals surface area (Å²) in [4.78, 5) is 18.6. The van der Waals surface area contributed by atoms with Crippen LogP contribution < -0.4 is 5.56 Å². The number of hydrogen-bond acceptors (Lipinski definition) is 3. The van der Waals surface area contributed by atoms with Crippen LogP contribution in [0.3, 0.4) is 0 Å². The van der Waals surface area contributed by atoms with E-state index in [1.807, 2.05) is 6.07 Å². The van der Waals surface area contributed by atoms with Gasteiger partial charge in [0.25, 0.3) is 5.56 Å². The van der Waals surface area contributed by atoms with Gasteiger partial charge in [-0.25, -0.2) is 9.50 Å². The molecule has 2 aromatic heterocycles. The number of rotatable bonds is 3. The van der Waals surface area contributed by atoms with E-state index >= 15 is 0 Å². The van der Waals surface area contributed by atoms with E-state index in [9.17, 15) is 4.79 Å². The maximum atomic E-state index is 11.7. The van der Waals surface area contributed by atoms with Gasteiger partial charge in [-0.3, -0.25) is 9.89 Å². The van der Waals surface area contributed by atoms with Gasteiger partial charge in [0.1, 0.15) is 5.82 Å². The van der Waals surface area contributed by atoms with Gasteiger partial charge in [-0.2, -0.15) is 0 Å². The van der Waals surface area contributed by atoms with Crippen LogP contribution in [-0.2, 0) is 6.42 Å². The molecule has 1 aliphatic heterocycles. The molecule has 2 aromatic rings. The van der Waals surface area contributed by atoms with Gasteiger partial charge in [-0.1, -0.05) is 13.0 Å². The number of nitrogens with one attached hydrogen (secondary N) is 1. The molecule has 5 nitrogen and oxygen atoms in total. The standard InChI is InChI=1S/C14H20N4O/c1-2-17-8-6-11(7-9-17)10-12-15-13-4-3-5-14(19)18(13)16-12/h3-5,11H,2,6-10H2,1H3,(H,15,16). The Labute approximate surface area is 112 Å². The van der Waals surface area contributed by atoms with Crippen molar-refractivity contribution in [2.45, 2.75) is 26.2 Å². The van der Waals surface area contributed by atoms with Crippen LogP contribution in [0.1, 0.15) is 25.6 Å². The molecule has 1 saturated heterocycles. The summed E-state index contributed by atoms with van der Waals surface area (Å²) < 4.78 is 1.52. The number of piperidine rings is 1. The fourth-order valence-corrected chi connectivity index (χ4v) is 2.84. The lowest BCUT2D eigenvalue weighted by molar-refractivity contribution is 0.191. The van der Waals surface area contributed by atoms with Crippen molar-refractivity contribution in [2.24, 2.45) is 5.92 Å². The van der Waals surface area contributed by atoms with Crippen molar-refractivity contribution in [1.29, 1.82) is 0 Å². The predicted octanol–water partition coefficient (Wildman–Crippen LogP) is 1.30. The van der Waals surface area contributed by atoms with E-state index in [4.69, 9.17) is 0 Å². The number of pyridine rings is 1. The summed E-state index contributed by atoms with van der Waals surface area (Å²) in [5.74, 6) is 1.61. The molecule has 0 saturated carbocycles. The second-order valence-electron chi connectivity index (χ2n) is 5.31. The van der Waals surface area contributed by atoms with Crippen molar-refractivity contribution >= 4 is 5.65 Å². The molecule has 1 N–H and O–H groups in total. The molecule has 0 bridgehead atoms. The van der Waals surface area contributed by atoms with E-state index in [1.54, 1.807) is 12.1 Å². The van der Waals surface area contributed by atoms with Crippen LogP contribution >= 0.6 is 0 Å². The monoisotopic (exact) mass is 260 g/mol. The number of aromatic nitrogens is 3.